The molecule has 4 aliphatic heterocycles. The molecular weight excluding hydrogens is 919 g/mol. The van der Waals surface area contributed by atoms with Crippen molar-refractivity contribution >= 4 is 28.0 Å². The number of halogens is 16. The molecule has 8 rings (SSSR count). The van der Waals surface area contributed by atoms with Gasteiger partial charge in [0.15, 0.2) is 46.5 Å². The Labute approximate surface area is 366 Å². The fourth-order valence-electron chi connectivity index (χ4n) is 9.92. The van der Waals surface area contributed by atoms with Crippen LogP contribution in [0.1, 0.15) is 56.4 Å². The van der Waals surface area contributed by atoms with Crippen LogP contribution in [0.5, 0.6) is 0 Å². The molecule has 4 aromatic rings. The van der Waals surface area contributed by atoms with Crippen molar-refractivity contribution in [2.75, 3.05) is 52.9 Å². The van der Waals surface area contributed by atoms with E-state index < -0.39 is 191 Å². The third kappa shape index (κ3) is 7.05. The summed E-state index contributed by atoms with van der Waals surface area (Å²) in [6.45, 7) is 3.05. The first kappa shape index (κ1) is 48.1. The molecule has 21 heteroatoms. The van der Waals surface area contributed by atoms with Crippen molar-refractivity contribution < 1.29 is 89.2 Å². The van der Waals surface area contributed by atoms with Crippen molar-refractivity contribution in [1.29, 1.82) is 0 Å². The molecule has 358 valence electrons. The highest BCUT2D eigenvalue weighted by Crippen LogP contribution is 2.41. The van der Waals surface area contributed by atoms with Crippen molar-refractivity contribution in [3.05, 3.63) is 115 Å². The van der Waals surface area contributed by atoms with E-state index in [2.05, 4.69) is 0 Å². The van der Waals surface area contributed by atoms with E-state index in [1.165, 1.54) is 27.7 Å². The molecule has 4 aliphatic rings. The highest BCUT2D eigenvalue weighted by Gasteiger charge is 2.53. The zero-order valence-electron chi connectivity index (χ0n) is 35.5. The maximum absolute atomic E-state index is 17.4. The van der Waals surface area contributed by atoms with Gasteiger partial charge in [-0.3, -0.25) is 0 Å². The zero-order valence-corrected chi connectivity index (χ0v) is 35.5. The predicted molar refractivity (Wildman–Crippen MR) is 205 cm³/mol. The summed E-state index contributed by atoms with van der Waals surface area (Å²) in [4.78, 5) is 0. The minimum atomic E-state index is -6.77. The summed E-state index contributed by atoms with van der Waals surface area (Å²) in [5.74, 6) is -45.4. The van der Waals surface area contributed by atoms with Crippen LogP contribution in [-0.4, -0.2) is 59.0 Å². The van der Waals surface area contributed by atoms with Gasteiger partial charge in [0, 0.05) is 43.9 Å². The van der Waals surface area contributed by atoms with Gasteiger partial charge in [-0.15, -0.1) is 21.9 Å². The Bertz CT molecular complexity index is 2360. The van der Waals surface area contributed by atoms with Crippen molar-refractivity contribution in [2.45, 2.75) is 59.8 Å². The molecule has 4 fully saturated rings. The molecule has 4 aromatic carbocycles. The molecule has 4 nitrogen and oxygen atoms in total. The molecule has 0 bridgehead atoms. The van der Waals surface area contributed by atoms with E-state index in [9.17, 15) is 0 Å². The van der Waals surface area contributed by atoms with Gasteiger partial charge in [-0.1, -0.05) is 27.7 Å². The Morgan fingerprint density at radius 2 is 0.515 bits per heavy atom. The summed E-state index contributed by atoms with van der Waals surface area (Å²) in [7, 11) is 0. The normalized spacial score (nSPS) is 19.3. The lowest BCUT2D eigenvalue weighted by Crippen LogP contribution is -2.81. The van der Waals surface area contributed by atoms with E-state index in [-0.39, 0.29) is 59.3 Å². The van der Waals surface area contributed by atoms with Gasteiger partial charge in [-0.25, -0.2) is 70.2 Å². The maximum atomic E-state index is 17.4. The SMILES string of the molecule is CCC1(Cc2c(F)c(F)c([B-](c3c(F)c(F)c(CC4(C)COC4)c(F)c3F)(c3c(F)c(F)c(CC4(C)COC4)c(F)c3F)c3c(F)c(F)c(CC4(C)COC4)c(F)c3F)c(F)c2F)COC1. The summed E-state index contributed by atoms with van der Waals surface area (Å²) >= 11 is 0. The van der Waals surface area contributed by atoms with Crippen LogP contribution in [0.3, 0.4) is 0 Å². The van der Waals surface area contributed by atoms with E-state index in [1.807, 2.05) is 0 Å². The first-order chi connectivity index (χ1) is 30.8. The number of hydrogen-bond acceptors (Lipinski definition) is 4. The molecule has 66 heavy (non-hydrogen) atoms. The molecule has 0 unspecified atom stereocenters. The average Bonchev–Trinajstić information content (AvgIpc) is 3.23. The highest BCUT2D eigenvalue weighted by molar-refractivity contribution is 7.20. The summed E-state index contributed by atoms with van der Waals surface area (Å²) in [6.07, 6.45) is -10.7. The fourth-order valence-corrected chi connectivity index (χ4v) is 9.92. The third-order valence-electron chi connectivity index (χ3n) is 13.9. The molecule has 0 radical (unpaired) electrons. The van der Waals surface area contributed by atoms with E-state index >= 15 is 70.2 Å². The van der Waals surface area contributed by atoms with Crippen molar-refractivity contribution in [3.8, 4) is 0 Å². The summed E-state index contributed by atoms with van der Waals surface area (Å²) in [5.41, 5.74) is -23.3. The Morgan fingerprint density at radius 1 is 0.318 bits per heavy atom. The van der Waals surface area contributed by atoms with Gasteiger partial charge in [0.1, 0.15) is 52.7 Å². The second-order valence-corrected chi connectivity index (χ2v) is 19.4. The van der Waals surface area contributed by atoms with E-state index in [1.54, 1.807) is 0 Å². The molecule has 0 amide bonds. The minimum Gasteiger partial charge on any atom is -0.380 e. The smallest absolute Gasteiger partial charge is 0.161 e. The minimum absolute atomic E-state index is 0.0102. The summed E-state index contributed by atoms with van der Waals surface area (Å²) in [6, 6.07) is 0. The van der Waals surface area contributed by atoms with E-state index in [0.29, 0.717) is 0 Å². The fraction of sp³-hybridized carbons (Fsp3) is 0.467. The molecule has 0 saturated carbocycles. The lowest BCUT2D eigenvalue weighted by molar-refractivity contribution is -0.115. The lowest BCUT2D eigenvalue weighted by Gasteiger charge is -2.46. The zero-order chi connectivity index (χ0) is 48.4. The standard InChI is InChI=1S/C45H38BF16O4/c1-5-45(16-66-17-45)9-21-32(53)40(61)25(41(62)33(21)54)46(22-34(55)26(47)18(27(48)35(22)56)6-42(2)10-63-11-42,23-36(57)28(49)19(29(50)37(23)58)7-43(3)12-64-13-43)24-38(59)30(51)20(31(52)39(24)60)8-44(4)14-65-15-44/h5-17H2,1-4H3/q-1. The largest absolute Gasteiger partial charge is 0.380 e. The van der Waals surface area contributed by atoms with Crippen LogP contribution in [0.2, 0.25) is 0 Å². The molecule has 4 heterocycles. The Hall–Kier alpha value is -4.34. The summed E-state index contributed by atoms with van der Waals surface area (Å²) < 4.78 is 292. The van der Waals surface area contributed by atoms with Gasteiger partial charge in [0.2, 0.25) is 0 Å². The predicted octanol–water partition coefficient (Wildman–Crippen LogP) is 8.00. The van der Waals surface area contributed by atoms with Crippen molar-refractivity contribution in [2.24, 2.45) is 21.7 Å². The third-order valence-corrected chi connectivity index (χ3v) is 13.9. The van der Waals surface area contributed by atoms with E-state index in [4.69, 9.17) is 18.9 Å². The second-order valence-electron chi connectivity index (χ2n) is 19.4. The van der Waals surface area contributed by atoms with Gasteiger partial charge in [-0.2, -0.15) is 0 Å². The van der Waals surface area contributed by atoms with Crippen LogP contribution < -0.4 is 21.9 Å². The van der Waals surface area contributed by atoms with Gasteiger partial charge in [0.25, 0.3) is 0 Å². The Balaban J connectivity index is 1.61. The van der Waals surface area contributed by atoms with Crippen molar-refractivity contribution in [1.82, 2.24) is 0 Å². The number of benzene rings is 4. The van der Waals surface area contributed by atoms with Crippen LogP contribution in [0.25, 0.3) is 0 Å². The second kappa shape index (κ2) is 16.4. The molecule has 0 spiro atoms. The number of ether oxygens (including phenoxy) is 4. The first-order valence-electron chi connectivity index (χ1n) is 20.7. The van der Waals surface area contributed by atoms with Gasteiger partial charge in [-0.05, 0) is 32.1 Å². The highest BCUT2D eigenvalue weighted by atomic mass is 19.2. The maximum Gasteiger partial charge on any atom is 0.161 e. The van der Waals surface area contributed by atoms with Gasteiger partial charge >= 0.3 is 0 Å². The van der Waals surface area contributed by atoms with Crippen LogP contribution in [0, 0.1) is 115 Å². The van der Waals surface area contributed by atoms with Crippen LogP contribution in [-0.2, 0) is 44.6 Å². The van der Waals surface area contributed by atoms with E-state index in [0.717, 1.165) is 0 Å². The topological polar surface area (TPSA) is 36.9 Å². The molecule has 0 aliphatic carbocycles. The molecule has 0 aromatic heterocycles. The molecule has 0 N–H and O–H groups in total. The van der Waals surface area contributed by atoms with Gasteiger partial charge in [0.05, 0.1) is 52.9 Å². The Kier molecular flexibility index (Phi) is 12.0. The molecule has 0 atom stereocenters. The van der Waals surface area contributed by atoms with Crippen LogP contribution in [0.15, 0.2) is 0 Å². The van der Waals surface area contributed by atoms with Crippen molar-refractivity contribution in [3.63, 3.8) is 0 Å². The quantitative estimate of drug-likeness (QED) is 0.0775. The van der Waals surface area contributed by atoms with Gasteiger partial charge < -0.3 is 18.9 Å². The summed E-state index contributed by atoms with van der Waals surface area (Å²) in [5, 5.41) is 0. The average molecular weight is 958 g/mol. The van der Waals surface area contributed by atoms with Crippen LogP contribution in [0.4, 0.5) is 70.2 Å². The first-order valence-corrected chi connectivity index (χ1v) is 20.7. The number of rotatable bonds is 13. The Morgan fingerprint density at radius 3 is 0.667 bits per heavy atom. The molecule has 4 saturated heterocycles. The monoisotopic (exact) mass is 957 g/mol. The molecular formula is C45H38BF16O4-. The number of hydrogen-bond donors (Lipinski definition) is 0. The van der Waals surface area contributed by atoms with Crippen LogP contribution >= 0.6 is 0 Å². The lowest BCUT2D eigenvalue weighted by atomic mass is 9.12.